The van der Waals surface area contributed by atoms with Crippen LogP contribution in [0, 0.1) is 11.8 Å². The largest absolute Gasteiger partial charge is 0.314 e. The van der Waals surface area contributed by atoms with E-state index in [1.165, 1.54) is 19.3 Å². The number of rotatable bonds is 4. The van der Waals surface area contributed by atoms with Crippen molar-refractivity contribution in [3.8, 4) is 0 Å². The van der Waals surface area contributed by atoms with Crippen molar-refractivity contribution < 1.29 is 8.42 Å². The van der Waals surface area contributed by atoms with E-state index in [0.717, 1.165) is 26.1 Å². The van der Waals surface area contributed by atoms with Gasteiger partial charge in [-0.3, -0.25) is 0 Å². The van der Waals surface area contributed by atoms with Crippen LogP contribution in [-0.4, -0.2) is 44.2 Å². The van der Waals surface area contributed by atoms with Crippen molar-refractivity contribution in [1.29, 1.82) is 0 Å². The van der Waals surface area contributed by atoms with Gasteiger partial charge >= 0.3 is 0 Å². The second kappa shape index (κ2) is 5.88. The quantitative estimate of drug-likeness (QED) is 0.844. The highest BCUT2D eigenvalue weighted by molar-refractivity contribution is 7.89. The van der Waals surface area contributed by atoms with Crippen LogP contribution in [0.1, 0.15) is 39.5 Å². The lowest BCUT2D eigenvalue weighted by Crippen LogP contribution is -2.46. The zero-order valence-corrected chi connectivity index (χ0v) is 12.4. The van der Waals surface area contributed by atoms with Gasteiger partial charge in [-0.05, 0) is 44.1 Å². The molecule has 0 aromatic rings. The standard InChI is InChI=1S/C13H26N2O2S/c1-11(2)10-18(16,17)15-8-4-5-12(9-15)13-6-3-7-14-13/h11-14H,3-10H2,1-2H3. The molecule has 0 aliphatic carbocycles. The van der Waals surface area contributed by atoms with Gasteiger partial charge in [-0.1, -0.05) is 13.8 Å². The molecule has 4 nitrogen and oxygen atoms in total. The average Bonchev–Trinajstić information content (AvgIpc) is 2.81. The fourth-order valence-corrected chi connectivity index (χ4v) is 5.07. The van der Waals surface area contributed by atoms with Gasteiger partial charge in [-0.25, -0.2) is 12.7 Å². The Labute approximate surface area is 111 Å². The monoisotopic (exact) mass is 274 g/mol. The maximum absolute atomic E-state index is 12.3. The van der Waals surface area contributed by atoms with Crippen molar-refractivity contribution in [1.82, 2.24) is 9.62 Å². The van der Waals surface area contributed by atoms with Crippen molar-refractivity contribution in [2.75, 3.05) is 25.4 Å². The van der Waals surface area contributed by atoms with E-state index < -0.39 is 10.0 Å². The molecule has 2 unspecified atom stereocenters. The first-order valence-corrected chi connectivity index (χ1v) is 8.81. The zero-order valence-electron chi connectivity index (χ0n) is 11.6. The summed E-state index contributed by atoms with van der Waals surface area (Å²) in [5.74, 6) is 1.01. The molecule has 2 heterocycles. The molecule has 0 saturated carbocycles. The van der Waals surface area contributed by atoms with E-state index in [0.29, 0.717) is 12.0 Å². The number of nitrogens with zero attached hydrogens (tertiary/aromatic N) is 1. The number of piperidine rings is 1. The minimum Gasteiger partial charge on any atom is -0.314 e. The van der Waals surface area contributed by atoms with Crippen LogP contribution in [0.3, 0.4) is 0 Å². The van der Waals surface area contributed by atoms with Crippen LogP contribution in [0.25, 0.3) is 0 Å². The summed E-state index contributed by atoms with van der Waals surface area (Å²) in [6, 6.07) is 0.544. The van der Waals surface area contributed by atoms with Crippen molar-refractivity contribution in [2.45, 2.75) is 45.6 Å². The molecule has 2 aliphatic rings. The molecule has 2 saturated heterocycles. The van der Waals surface area contributed by atoms with E-state index in [1.54, 1.807) is 4.31 Å². The van der Waals surface area contributed by atoms with Gasteiger partial charge in [0.25, 0.3) is 0 Å². The van der Waals surface area contributed by atoms with Crippen LogP contribution in [0.15, 0.2) is 0 Å². The van der Waals surface area contributed by atoms with Crippen molar-refractivity contribution in [2.24, 2.45) is 11.8 Å². The summed E-state index contributed by atoms with van der Waals surface area (Å²) in [6.07, 6.45) is 4.63. The first-order valence-electron chi connectivity index (χ1n) is 7.20. The van der Waals surface area contributed by atoms with Gasteiger partial charge in [-0.2, -0.15) is 0 Å². The zero-order chi connectivity index (χ0) is 13.2. The Morgan fingerprint density at radius 1 is 1.28 bits per heavy atom. The predicted octanol–water partition coefficient (Wildman–Crippen LogP) is 1.44. The van der Waals surface area contributed by atoms with Crippen molar-refractivity contribution >= 4 is 10.0 Å². The summed E-state index contributed by atoms with van der Waals surface area (Å²) in [6.45, 7) is 6.49. The third-order valence-electron chi connectivity index (χ3n) is 4.03. The fraction of sp³-hybridized carbons (Fsp3) is 1.00. The van der Waals surface area contributed by atoms with E-state index in [2.05, 4.69) is 5.32 Å². The molecule has 106 valence electrons. The Bertz CT molecular complexity index is 361. The summed E-state index contributed by atoms with van der Waals surface area (Å²) >= 11 is 0. The van der Waals surface area contributed by atoms with Crippen molar-refractivity contribution in [3.05, 3.63) is 0 Å². The Hall–Kier alpha value is -0.130. The molecule has 18 heavy (non-hydrogen) atoms. The second-order valence-electron chi connectivity index (χ2n) is 6.14. The van der Waals surface area contributed by atoms with Crippen molar-refractivity contribution in [3.63, 3.8) is 0 Å². The Morgan fingerprint density at radius 2 is 2.06 bits per heavy atom. The number of hydrogen-bond acceptors (Lipinski definition) is 3. The third kappa shape index (κ3) is 3.45. The number of nitrogens with one attached hydrogen (secondary N) is 1. The van der Waals surface area contributed by atoms with Crippen LogP contribution >= 0.6 is 0 Å². The molecule has 0 spiro atoms. The Balaban J connectivity index is 1.97. The molecule has 5 heteroatoms. The Morgan fingerprint density at radius 3 is 2.67 bits per heavy atom. The highest BCUT2D eigenvalue weighted by Crippen LogP contribution is 2.26. The molecule has 0 radical (unpaired) electrons. The lowest BCUT2D eigenvalue weighted by Gasteiger charge is -2.35. The highest BCUT2D eigenvalue weighted by atomic mass is 32.2. The van der Waals surface area contributed by atoms with E-state index in [4.69, 9.17) is 0 Å². The maximum Gasteiger partial charge on any atom is 0.214 e. The van der Waals surface area contributed by atoms with E-state index in [9.17, 15) is 8.42 Å². The van der Waals surface area contributed by atoms with E-state index in [-0.39, 0.29) is 11.7 Å². The van der Waals surface area contributed by atoms with E-state index in [1.807, 2.05) is 13.8 Å². The van der Waals surface area contributed by atoms with Gasteiger partial charge < -0.3 is 5.32 Å². The molecule has 1 N–H and O–H groups in total. The first-order chi connectivity index (χ1) is 8.49. The summed E-state index contributed by atoms with van der Waals surface area (Å²) in [7, 11) is -3.04. The SMILES string of the molecule is CC(C)CS(=O)(=O)N1CCCC(C2CCCN2)C1. The van der Waals surface area contributed by atoms with Gasteiger partial charge in [0.1, 0.15) is 0 Å². The minimum absolute atomic E-state index is 0.208. The smallest absolute Gasteiger partial charge is 0.214 e. The molecule has 0 aromatic heterocycles. The van der Waals surface area contributed by atoms with Gasteiger partial charge in [0.15, 0.2) is 0 Å². The lowest BCUT2D eigenvalue weighted by molar-refractivity contribution is 0.226. The Kier molecular flexibility index (Phi) is 4.67. The minimum atomic E-state index is -3.04. The third-order valence-corrected chi connectivity index (χ3v) is 6.23. The fourth-order valence-electron chi connectivity index (χ4n) is 3.20. The highest BCUT2D eigenvalue weighted by Gasteiger charge is 2.33. The summed E-state index contributed by atoms with van der Waals surface area (Å²) in [4.78, 5) is 0. The summed E-state index contributed by atoms with van der Waals surface area (Å²) < 4.78 is 26.3. The number of sulfonamides is 1. The molecule has 2 aliphatic heterocycles. The molecule has 2 fully saturated rings. The molecule has 2 rings (SSSR count). The second-order valence-corrected chi connectivity index (χ2v) is 8.15. The van der Waals surface area contributed by atoms with Crippen LogP contribution in [0.4, 0.5) is 0 Å². The summed E-state index contributed by atoms with van der Waals surface area (Å²) in [5.41, 5.74) is 0. The van der Waals surface area contributed by atoms with Gasteiger partial charge in [0.2, 0.25) is 10.0 Å². The van der Waals surface area contributed by atoms with E-state index >= 15 is 0 Å². The number of hydrogen-bond donors (Lipinski definition) is 1. The average molecular weight is 274 g/mol. The molecule has 2 atom stereocenters. The molecular formula is C13H26N2O2S. The topological polar surface area (TPSA) is 49.4 Å². The first kappa shape index (κ1) is 14.3. The van der Waals surface area contributed by atoms with Gasteiger partial charge in [-0.15, -0.1) is 0 Å². The molecular weight excluding hydrogens is 248 g/mol. The van der Waals surface area contributed by atoms with Crippen LogP contribution < -0.4 is 5.32 Å². The molecule has 0 bridgehead atoms. The normalized spacial score (nSPS) is 31.1. The van der Waals surface area contributed by atoms with Gasteiger partial charge in [0.05, 0.1) is 5.75 Å². The van der Waals surface area contributed by atoms with Gasteiger partial charge in [0, 0.05) is 19.1 Å². The summed E-state index contributed by atoms with van der Waals surface area (Å²) in [5, 5.41) is 3.52. The lowest BCUT2D eigenvalue weighted by atomic mass is 9.91. The molecule has 0 amide bonds. The molecule has 0 aromatic carbocycles. The van der Waals surface area contributed by atoms with Crippen LogP contribution in [-0.2, 0) is 10.0 Å². The van der Waals surface area contributed by atoms with Crippen LogP contribution in [0.2, 0.25) is 0 Å². The van der Waals surface area contributed by atoms with Crippen LogP contribution in [0.5, 0.6) is 0 Å². The predicted molar refractivity (Wildman–Crippen MR) is 73.9 cm³/mol. The maximum atomic E-state index is 12.3.